The molecule has 0 bridgehead atoms. The Morgan fingerprint density at radius 1 is 0.920 bits per heavy atom. The molecule has 2 aliphatic rings. The van der Waals surface area contributed by atoms with Gasteiger partial charge in [-0.05, 0) is 74.6 Å². The molecule has 278 valence electrons. The minimum Gasteiger partial charge on any atom is -0.481 e. The summed E-state index contributed by atoms with van der Waals surface area (Å²) in [6.45, 7) is 10.6. The second kappa shape index (κ2) is 21.9. The van der Waals surface area contributed by atoms with E-state index in [1.165, 1.54) is 0 Å². The number of rotatable bonds is 12. The van der Waals surface area contributed by atoms with Crippen molar-refractivity contribution in [3.8, 4) is 22.9 Å². The summed E-state index contributed by atoms with van der Waals surface area (Å²) in [6, 6.07) is 9.34. The van der Waals surface area contributed by atoms with E-state index in [2.05, 4.69) is 30.0 Å². The fraction of sp³-hybridized carbons (Fsp3) is 0.485. The summed E-state index contributed by atoms with van der Waals surface area (Å²) in [5, 5.41) is 13.1. The van der Waals surface area contributed by atoms with Gasteiger partial charge in [0, 0.05) is 67.9 Å². The maximum absolute atomic E-state index is 11.3. The molecular weight excluding hydrogens is 771 g/mol. The summed E-state index contributed by atoms with van der Waals surface area (Å²) >= 11 is 12.7. The Bertz CT molecular complexity index is 1490. The Balaban J connectivity index is 0.00000312. The lowest BCUT2D eigenvalue weighted by molar-refractivity contribution is -0.141. The number of piperazine rings is 1. The number of likely N-dealkylation sites (tertiary alicyclic amines) is 1. The van der Waals surface area contributed by atoms with Crippen LogP contribution in [-0.2, 0) is 16.1 Å². The van der Waals surface area contributed by atoms with Gasteiger partial charge in [0.05, 0.1) is 24.0 Å². The molecule has 11 nitrogen and oxygen atoms in total. The number of pyridine rings is 1. The third-order valence-corrected chi connectivity index (χ3v) is 9.00. The average molecular weight is 816 g/mol. The van der Waals surface area contributed by atoms with Gasteiger partial charge in [-0.25, -0.2) is 15.0 Å². The fourth-order valence-corrected chi connectivity index (χ4v) is 6.29. The molecule has 17 heteroatoms. The Labute approximate surface area is 328 Å². The van der Waals surface area contributed by atoms with Crippen LogP contribution in [0.4, 0.5) is 5.95 Å². The monoisotopic (exact) mass is 813 g/mol. The summed E-state index contributed by atoms with van der Waals surface area (Å²) in [5.74, 6) is 0.928. The van der Waals surface area contributed by atoms with E-state index in [9.17, 15) is 9.59 Å². The lowest BCUT2D eigenvalue weighted by Gasteiger charge is -2.34. The van der Waals surface area contributed by atoms with Crippen LogP contribution in [0.15, 0.2) is 42.7 Å². The number of halogens is 6. The Morgan fingerprint density at radius 2 is 1.54 bits per heavy atom. The standard InChI is InChI=1S/C33H41Cl2N7O4.4ClH/c1-22(32(44)45)3-6-40-9-11-42(12-10-40)33-37-19-29(20-38-33)46-31-14-25(13-30(39-31)26-15-27(34)17-28(35)16-26)21-41-7-4-24(5-8-41)18-36-23(2)43;;;;/h13-17,19-20,22,24H,3-12,18,21H2,1-2H3,(H,36,43)(H,44,45);4*1H. The van der Waals surface area contributed by atoms with Crippen molar-refractivity contribution >= 4 is 90.7 Å². The number of amides is 1. The van der Waals surface area contributed by atoms with Gasteiger partial charge in [-0.2, -0.15) is 0 Å². The van der Waals surface area contributed by atoms with Crippen molar-refractivity contribution < 1.29 is 19.4 Å². The van der Waals surface area contributed by atoms with Crippen molar-refractivity contribution in [2.24, 2.45) is 11.8 Å². The predicted octanol–water partition coefficient (Wildman–Crippen LogP) is 6.91. The minimum absolute atomic E-state index is 0. The van der Waals surface area contributed by atoms with Gasteiger partial charge < -0.3 is 20.1 Å². The molecule has 2 aromatic heterocycles. The van der Waals surface area contributed by atoms with Crippen LogP contribution in [0.25, 0.3) is 11.3 Å². The number of aromatic nitrogens is 3. The van der Waals surface area contributed by atoms with Crippen LogP contribution in [0, 0.1) is 11.8 Å². The van der Waals surface area contributed by atoms with Crippen molar-refractivity contribution in [1.82, 2.24) is 30.1 Å². The normalized spacial score (nSPS) is 15.7. The largest absolute Gasteiger partial charge is 0.481 e. The number of benzene rings is 1. The van der Waals surface area contributed by atoms with Crippen molar-refractivity contribution in [1.29, 1.82) is 0 Å². The Morgan fingerprint density at radius 3 is 2.12 bits per heavy atom. The molecule has 3 aromatic rings. The number of piperidine rings is 1. The number of carboxylic acid groups (broad SMARTS) is 1. The zero-order valence-electron chi connectivity index (χ0n) is 27.9. The number of hydrogen-bond acceptors (Lipinski definition) is 9. The van der Waals surface area contributed by atoms with E-state index >= 15 is 0 Å². The molecule has 2 N–H and O–H groups in total. The molecule has 5 rings (SSSR count). The maximum Gasteiger partial charge on any atom is 0.306 e. The summed E-state index contributed by atoms with van der Waals surface area (Å²) in [4.78, 5) is 43.2. The molecule has 0 saturated carbocycles. The van der Waals surface area contributed by atoms with Crippen LogP contribution >= 0.6 is 72.8 Å². The molecule has 50 heavy (non-hydrogen) atoms. The van der Waals surface area contributed by atoms with Crippen molar-refractivity contribution in [2.45, 2.75) is 39.7 Å². The van der Waals surface area contributed by atoms with Crippen LogP contribution in [0.1, 0.15) is 38.7 Å². The molecule has 1 amide bonds. The van der Waals surface area contributed by atoms with Gasteiger partial charge in [-0.15, -0.1) is 49.6 Å². The molecule has 2 saturated heterocycles. The molecule has 0 radical (unpaired) electrons. The second-order valence-corrected chi connectivity index (χ2v) is 13.1. The number of hydrogen-bond donors (Lipinski definition) is 2. The van der Waals surface area contributed by atoms with Gasteiger partial charge in [-0.1, -0.05) is 30.1 Å². The lowest BCUT2D eigenvalue weighted by Crippen LogP contribution is -2.47. The third-order valence-electron chi connectivity index (χ3n) is 8.56. The van der Waals surface area contributed by atoms with Crippen LogP contribution in [0.3, 0.4) is 0 Å². The highest BCUT2D eigenvalue weighted by atomic mass is 35.5. The van der Waals surface area contributed by atoms with Crippen LogP contribution in [0.5, 0.6) is 11.6 Å². The Kier molecular flexibility index (Phi) is 20.0. The van der Waals surface area contributed by atoms with Crippen molar-refractivity contribution in [3.63, 3.8) is 0 Å². The lowest BCUT2D eigenvalue weighted by atomic mass is 9.96. The average Bonchev–Trinajstić information content (AvgIpc) is 3.03. The molecule has 0 spiro atoms. The molecule has 1 atom stereocenters. The first-order chi connectivity index (χ1) is 22.1. The highest BCUT2D eigenvalue weighted by Crippen LogP contribution is 2.31. The number of carbonyl (C=O) groups is 2. The molecule has 4 heterocycles. The van der Waals surface area contributed by atoms with Gasteiger partial charge in [0.2, 0.25) is 17.7 Å². The molecule has 1 unspecified atom stereocenters. The highest BCUT2D eigenvalue weighted by molar-refractivity contribution is 6.35. The topological polar surface area (TPSA) is 124 Å². The molecule has 2 aliphatic heterocycles. The first-order valence-electron chi connectivity index (χ1n) is 15.8. The molecule has 2 fully saturated rings. The predicted molar refractivity (Wildman–Crippen MR) is 208 cm³/mol. The van der Waals surface area contributed by atoms with E-state index in [4.69, 9.17) is 38.0 Å². The van der Waals surface area contributed by atoms with E-state index in [1.807, 2.05) is 24.3 Å². The fourth-order valence-electron chi connectivity index (χ4n) is 5.76. The van der Waals surface area contributed by atoms with E-state index in [0.717, 1.165) is 82.9 Å². The highest BCUT2D eigenvalue weighted by Gasteiger charge is 2.22. The number of carbonyl (C=O) groups excluding carboxylic acids is 1. The number of nitrogens with one attached hydrogen (secondary N) is 1. The van der Waals surface area contributed by atoms with Gasteiger partial charge in [0.25, 0.3) is 0 Å². The van der Waals surface area contributed by atoms with Crippen molar-refractivity contribution in [3.05, 3.63) is 58.3 Å². The number of ether oxygens (including phenoxy) is 1. The van der Waals surface area contributed by atoms with Crippen LogP contribution < -0.4 is 15.0 Å². The third kappa shape index (κ3) is 13.7. The van der Waals surface area contributed by atoms with Gasteiger partial charge in [-0.3, -0.25) is 19.4 Å². The molecule has 0 aliphatic carbocycles. The summed E-state index contributed by atoms with van der Waals surface area (Å²) in [6.07, 6.45) is 6.00. The first-order valence-corrected chi connectivity index (χ1v) is 16.5. The van der Waals surface area contributed by atoms with E-state index in [0.29, 0.717) is 45.7 Å². The minimum atomic E-state index is -0.752. The van der Waals surface area contributed by atoms with Crippen LogP contribution in [-0.4, -0.2) is 94.1 Å². The van der Waals surface area contributed by atoms with Gasteiger partial charge >= 0.3 is 5.97 Å². The van der Waals surface area contributed by atoms with E-state index in [1.54, 1.807) is 32.3 Å². The number of nitrogens with zero attached hydrogens (tertiary/aromatic N) is 6. The zero-order chi connectivity index (χ0) is 32.6. The summed E-state index contributed by atoms with van der Waals surface area (Å²) in [5.41, 5.74) is 2.54. The van der Waals surface area contributed by atoms with Crippen molar-refractivity contribution in [2.75, 3.05) is 57.3 Å². The summed E-state index contributed by atoms with van der Waals surface area (Å²) < 4.78 is 6.20. The number of aliphatic carboxylic acids is 1. The molecule has 1 aromatic carbocycles. The van der Waals surface area contributed by atoms with Gasteiger partial charge in [0.15, 0.2) is 5.75 Å². The quantitative estimate of drug-likeness (QED) is 0.200. The number of anilines is 1. The summed E-state index contributed by atoms with van der Waals surface area (Å²) in [7, 11) is 0. The van der Waals surface area contributed by atoms with E-state index < -0.39 is 5.97 Å². The Hall–Kier alpha value is -2.35. The second-order valence-electron chi connectivity index (χ2n) is 12.2. The van der Waals surface area contributed by atoms with E-state index in [-0.39, 0.29) is 61.5 Å². The molecular formula is C33H45Cl6N7O4. The van der Waals surface area contributed by atoms with Gasteiger partial charge in [0.1, 0.15) is 0 Å². The zero-order valence-corrected chi connectivity index (χ0v) is 32.7. The first kappa shape index (κ1) is 45.7. The number of carboxylic acids is 1. The van der Waals surface area contributed by atoms with Crippen LogP contribution in [0.2, 0.25) is 10.0 Å². The smallest absolute Gasteiger partial charge is 0.306 e. The maximum atomic E-state index is 11.3. The SMILES string of the molecule is CC(=O)NCC1CCN(Cc2cc(Oc3cnc(N4CCN(CCC(C)C(=O)O)CC4)nc3)nc(-c3cc(Cl)cc(Cl)c3)c2)CC1.Cl.Cl.Cl.Cl.